The van der Waals surface area contributed by atoms with Gasteiger partial charge in [0.05, 0.1) is 22.5 Å². The molecule has 0 fully saturated rings. The number of thiazole rings is 1. The number of hydrogen-bond acceptors (Lipinski definition) is 4. The summed E-state index contributed by atoms with van der Waals surface area (Å²) in [7, 11) is 0. The zero-order chi connectivity index (χ0) is 22.1. The van der Waals surface area contributed by atoms with Crippen LogP contribution in [0, 0.1) is 0 Å². The molecular formula is C25H15F3N2OS. The Balaban J connectivity index is 1.69. The van der Waals surface area contributed by atoms with Crippen LogP contribution in [0.1, 0.15) is 5.56 Å². The Hall–Kier alpha value is -3.71. The van der Waals surface area contributed by atoms with Gasteiger partial charge in [-0.3, -0.25) is 0 Å². The second-order valence-corrected chi connectivity index (χ2v) is 7.92. The minimum Gasteiger partial charge on any atom is -0.438 e. The summed E-state index contributed by atoms with van der Waals surface area (Å²) in [6, 6.07) is 23.9. The number of fused-ring (bicyclic) bond motifs is 1. The van der Waals surface area contributed by atoms with Crippen LogP contribution in [-0.4, -0.2) is 4.98 Å². The third-order valence-electron chi connectivity index (χ3n) is 4.86. The molecule has 7 heteroatoms. The third-order valence-corrected chi connectivity index (χ3v) is 5.74. The standard InChI is InChI=1S/C25H15F3N2OS/c26-25(27,28)18-10-6-11-19(14-18)29-23-20(13-17-9-4-5-12-22(17)31-23)24-30-21(15-32-24)16-7-2-1-3-8-16/h1-15H. The zero-order valence-corrected chi connectivity index (χ0v) is 17.3. The molecule has 0 aliphatic carbocycles. The average Bonchev–Trinajstić information content (AvgIpc) is 3.29. The lowest BCUT2D eigenvalue weighted by Crippen LogP contribution is -2.06. The monoisotopic (exact) mass is 448 g/mol. The number of alkyl halides is 3. The van der Waals surface area contributed by atoms with Crippen molar-refractivity contribution in [1.82, 2.24) is 4.98 Å². The maximum Gasteiger partial charge on any atom is 0.416 e. The third kappa shape index (κ3) is 4.07. The van der Waals surface area contributed by atoms with Gasteiger partial charge in [0.2, 0.25) is 5.55 Å². The van der Waals surface area contributed by atoms with Crippen LogP contribution in [0.3, 0.4) is 0 Å². The number of nitrogens with zero attached hydrogens (tertiary/aromatic N) is 2. The van der Waals surface area contributed by atoms with Crippen molar-refractivity contribution >= 4 is 28.0 Å². The fourth-order valence-electron chi connectivity index (χ4n) is 3.31. The van der Waals surface area contributed by atoms with Crippen LogP contribution in [0.25, 0.3) is 32.8 Å². The Bertz CT molecular complexity index is 1470. The highest BCUT2D eigenvalue weighted by molar-refractivity contribution is 7.13. The van der Waals surface area contributed by atoms with Gasteiger partial charge >= 0.3 is 6.18 Å². The summed E-state index contributed by atoms with van der Waals surface area (Å²) in [6.07, 6.45) is -4.45. The molecule has 2 aromatic heterocycles. The molecule has 158 valence electrons. The Morgan fingerprint density at radius 2 is 1.62 bits per heavy atom. The normalized spacial score (nSPS) is 12.4. The fraction of sp³-hybridized carbons (Fsp3) is 0.0400. The second kappa shape index (κ2) is 8.09. The molecule has 0 atom stereocenters. The Morgan fingerprint density at radius 3 is 2.44 bits per heavy atom. The first-order valence-corrected chi connectivity index (χ1v) is 10.6. The van der Waals surface area contributed by atoms with Gasteiger partial charge in [-0.05, 0) is 30.3 Å². The van der Waals surface area contributed by atoms with Gasteiger partial charge in [0.25, 0.3) is 0 Å². The van der Waals surface area contributed by atoms with Crippen molar-refractivity contribution in [2.45, 2.75) is 6.18 Å². The Labute approximate surface area is 185 Å². The molecule has 0 aliphatic rings. The first kappa shape index (κ1) is 20.2. The van der Waals surface area contributed by atoms with Gasteiger partial charge in [0.15, 0.2) is 0 Å². The summed E-state index contributed by atoms with van der Waals surface area (Å²) in [5, 5.41) is 3.46. The number of benzene rings is 3. The minimum absolute atomic E-state index is 0.153. The van der Waals surface area contributed by atoms with Gasteiger partial charge in [0.1, 0.15) is 10.6 Å². The topological polar surface area (TPSA) is 38.4 Å². The number of halogens is 3. The molecule has 5 aromatic rings. The van der Waals surface area contributed by atoms with Crippen LogP contribution in [0.2, 0.25) is 0 Å². The van der Waals surface area contributed by atoms with Gasteiger partial charge in [-0.1, -0.05) is 54.6 Å². The smallest absolute Gasteiger partial charge is 0.416 e. The van der Waals surface area contributed by atoms with E-state index in [1.165, 1.54) is 23.5 Å². The van der Waals surface area contributed by atoms with Crippen LogP contribution < -0.4 is 5.55 Å². The molecule has 0 saturated heterocycles. The zero-order valence-electron chi connectivity index (χ0n) is 16.5. The van der Waals surface area contributed by atoms with Gasteiger partial charge in [-0.25, -0.2) is 9.98 Å². The number of para-hydroxylation sites is 1. The summed E-state index contributed by atoms with van der Waals surface area (Å²) < 4.78 is 45.5. The van der Waals surface area contributed by atoms with Gasteiger partial charge in [-0.15, -0.1) is 11.3 Å². The van der Waals surface area contributed by atoms with Crippen molar-refractivity contribution in [2.75, 3.05) is 0 Å². The summed E-state index contributed by atoms with van der Waals surface area (Å²) in [5.41, 5.74) is 2.58. The van der Waals surface area contributed by atoms with E-state index in [9.17, 15) is 13.2 Å². The lowest BCUT2D eigenvalue weighted by atomic mass is 10.1. The summed E-state index contributed by atoms with van der Waals surface area (Å²) in [5.74, 6) is 0. The van der Waals surface area contributed by atoms with E-state index >= 15 is 0 Å². The number of hydrogen-bond donors (Lipinski definition) is 0. The number of rotatable bonds is 3. The molecule has 0 radical (unpaired) electrons. The predicted octanol–water partition coefficient (Wildman–Crippen LogP) is 7.47. The van der Waals surface area contributed by atoms with Crippen molar-refractivity contribution in [3.05, 3.63) is 101 Å². The minimum atomic E-state index is -4.45. The summed E-state index contributed by atoms with van der Waals surface area (Å²) in [4.78, 5) is 9.16. The van der Waals surface area contributed by atoms with E-state index in [-0.39, 0.29) is 11.2 Å². The van der Waals surface area contributed by atoms with Crippen molar-refractivity contribution < 1.29 is 17.6 Å². The van der Waals surface area contributed by atoms with E-state index in [2.05, 4.69) is 4.99 Å². The van der Waals surface area contributed by atoms with Crippen LogP contribution in [0.4, 0.5) is 18.9 Å². The van der Waals surface area contributed by atoms with E-state index in [1.54, 1.807) is 6.07 Å². The summed E-state index contributed by atoms with van der Waals surface area (Å²) in [6.45, 7) is 0. The molecule has 0 spiro atoms. The molecule has 0 bridgehead atoms. The molecule has 32 heavy (non-hydrogen) atoms. The molecule has 0 N–H and O–H groups in total. The van der Waals surface area contributed by atoms with Crippen molar-refractivity contribution in [3.63, 3.8) is 0 Å². The largest absolute Gasteiger partial charge is 0.438 e. The highest BCUT2D eigenvalue weighted by Crippen LogP contribution is 2.32. The SMILES string of the molecule is FC(F)(F)c1cccc(N=c2oc3ccccc3cc2-c2nc(-c3ccccc3)cs2)c1. The predicted molar refractivity (Wildman–Crippen MR) is 119 cm³/mol. The maximum atomic E-state index is 13.1. The molecule has 3 nitrogen and oxygen atoms in total. The number of aromatic nitrogens is 1. The van der Waals surface area contributed by atoms with Crippen molar-refractivity contribution in [1.29, 1.82) is 0 Å². The molecule has 0 saturated carbocycles. The van der Waals surface area contributed by atoms with Crippen LogP contribution >= 0.6 is 11.3 Å². The molecule has 0 unspecified atom stereocenters. The lowest BCUT2D eigenvalue weighted by molar-refractivity contribution is -0.137. The highest BCUT2D eigenvalue weighted by atomic mass is 32.1. The Kier molecular flexibility index (Phi) is 5.11. The van der Waals surface area contributed by atoms with E-state index in [0.717, 1.165) is 28.8 Å². The molecule has 0 amide bonds. The van der Waals surface area contributed by atoms with Crippen molar-refractivity contribution in [3.8, 4) is 21.8 Å². The average molecular weight is 448 g/mol. The maximum absolute atomic E-state index is 13.1. The van der Waals surface area contributed by atoms with Crippen LogP contribution in [0.5, 0.6) is 0 Å². The molecule has 0 aliphatic heterocycles. The van der Waals surface area contributed by atoms with Crippen LogP contribution in [0.15, 0.2) is 99.7 Å². The van der Waals surface area contributed by atoms with Gasteiger partial charge in [0, 0.05) is 16.3 Å². The van der Waals surface area contributed by atoms with E-state index in [0.29, 0.717) is 16.2 Å². The van der Waals surface area contributed by atoms with Crippen molar-refractivity contribution in [2.24, 2.45) is 4.99 Å². The molecule has 5 rings (SSSR count). The van der Waals surface area contributed by atoms with E-state index in [1.807, 2.05) is 60.0 Å². The Morgan fingerprint density at radius 1 is 0.844 bits per heavy atom. The molecular weight excluding hydrogens is 433 g/mol. The first-order chi connectivity index (χ1) is 15.5. The van der Waals surface area contributed by atoms with Gasteiger partial charge in [-0.2, -0.15) is 13.2 Å². The lowest BCUT2D eigenvalue weighted by Gasteiger charge is -2.07. The van der Waals surface area contributed by atoms with E-state index < -0.39 is 11.7 Å². The highest BCUT2D eigenvalue weighted by Gasteiger charge is 2.30. The molecule has 3 aromatic carbocycles. The quantitative estimate of drug-likeness (QED) is 0.287. The van der Waals surface area contributed by atoms with E-state index in [4.69, 9.17) is 9.40 Å². The fourth-order valence-corrected chi connectivity index (χ4v) is 4.15. The van der Waals surface area contributed by atoms with Gasteiger partial charge < -0.3 is 4.42 Å². The first-order valence-electron chi connectivity index (χ1n) is 9.73. The summed E-state index contributed by atoms with van der Waals surface area (Å²) >= 11 is 1.43. The van der Waals surface area contributed by atoms with Crippen LogP contribution in [-0.2, 0) is 6.18 Å². The second-order valence-electron chi connectivity index (χ2n) is 7.07. The molecule has 2 heterocycles.